The van der Waals surface area contributed by atoms with Gasteiger partial charge in [-0.15, -0.1) is 0 Å². The third-order valence-electron chi connectivity index (χ3n) is 1.94. The highest BCUT2D eigenvalue weighted by atomic mass is 19.1. The Labute approximate surface area is 80.8 Å². The van der Waals surface area contributed by atoms with E-state index in [1.54, 1.807) is 0 Å². The van der Waals surface area contributed by atoms with E-state index in [1.165, 1.54) is 25.1 Å². The van der Waals surface area contributed by atoms with E-state index in [0.717, 1.165) is 0 Å². The third-order valence-corrected chi connectivity index (χ3v) is 1.94. The summed E-state index contributed by atoms with van der Waals surface area (Å²) in [6, 6.07) is 4.14. The number of rotatable bonds is 3. The average Bonchev–Trinajstić information content (AvgIpc) is 2.16. The minimum atomic E-state index is -1.28. The van der Waals surface area contributed by atoms with Crippen molar-refractivity contribution in [2.45, 2.75) is 13.0 Å². The molecule has 0 aromatic heterocycles. The largest absolute Gasteiger partial charge is 0.393 e. The van der Waals surface area contributed by atoms with E-state index in [0.29, 0.717) is 0 Å². The highest BCUT2D eigenvalue weighted by Gasteiger charge is 2.16. The predicted molar refractivity (Wildman–Crippen MR) is 48.5 cm³/mol. The van der Waals surface area contributed by atoms with Gasteiger partial charge in [0.15, 0.2) is 5.78 Å². The smallest absolute Gasteiger partial charge is 0.162 e. The van der Waals surface area contributed by atoms with Gasteiger partial charge in [0.05, 0.1) is 12.2 Å². The summed E-state index contributed by atoms with van der Waals surface area (Å²) in [5.74, 6) is -1.17. The molecule has 0 fully saturated rings. The topological polar surface area (TPSA) is 57.5 Å². The summed E-state index contributed by atoms with van der Waals surface area (Å²) in [5, 5.41) is 17.9. The molecule has 0 bridgehead atoms. The normalized spacial score (nSPS) is 12.6. The van der Waals surface area contributed by atoms with E-state index < -0.39 is 24.3 Å². The zero-order valence-corrected chi connectivity index (χ0v) is 7.70. The van der Waals surface area contributed by atoms with Crippen LogP contribution in [0.25, 0.3) is 0 Å². The molecule has 1 atom stereocenters. The van der Waals surface area contributed by atoms with Crippen LogP contribution in [0.3, 0.4) is 0 Å². The van der Waals surface area contributed by atoms with Gasteiger partial charge in [-0.1, -0.05) is 12.1 Å². The number of ketones is 1. The van der Waals surface area contributed by atoms with Crippen LogP contribution in [0.15, 0.2) is 18.2 Å². The van der Waals surface area contributed by atoms with Gasteiger partial charge in [0.1, 0.15) is 11.9 Å². The summed E-state index contributed by atoms with van der Waals surface area (Å²) in [6.45, 7) is 0.672. The first kappa shape index (κ1) is 10.8. The van der Waals surface area contributed by atoms with Gasteiger partial charge in [0.2, 0.25) is 0 Å². The molecule has 76 valence electrons. The van der Waals surface area contributed by atoms with Gasteiger partial charge in [-0.25, -0.2) is 4.39 Å². The zero-order valence-electron chi connectivity index (χ0n) is 7.70. The van der Waals surface area contributed by atoms with Gasteiger partial charge >= 0.3 is 0 Å². The Morgan fingerprint density at radius 2 is 2.21 bits per heavy atom. The van der Waals surface area contributed by atoms with E-state index in [-0.39, 0.29) is 11.1 Å². The van der Waals surface area contributed by atoms with Crippen molar-refractivity contribution >= 4 is 5.78 Å². The lowest BCUT2D eigenvalue weighted by molar-refractivity contribution is 0.0917. The van der Waals surface area contributed by atoms with Gasteiger partial charge in [-0.05, 0) is 13.0 Å². The zero-order chi connectivity index (χ0) is 10.7. The molecule has 0 saturated carbocycles. The van der Waals surface area contributed by atoms with Gasteiger partial charge in [0, 0.05) is 5.56 Å². The van der Waals surface area contributed by atoms with E-state index in [4.69, 9.17) is 5.11 Å². The molecule has 0 aliphatic heterocycles. The Hall–Kier alpha value is -1.26. The van der Waals surface area contributed by atoms with Crippen molar-refractivity contribution < 1.29 is 19.4 Å². The summed E-state index contributed by atoms with van der Waals surface area (Å²) in [5.41, 5.74) is -0.129. The van der Waals surface area contributed by atoms with Crippen molar-refractivity contribution in [1.29, 1.82) is 0 Å². The van der Waals surface area contributed by atoms with Crippen LogP contribution in [-0.4, -0.2) is 22.6 Å². The molecule has 0 aliphatic carbocycles. The molecule has 0 saturated heterocycles. The molecule has 0 amide bonds. The summed E-state index contributed by atoms with van der Waals surface area (Å²) in [7, 11) is 0. The minimum absolute atomic E-state index is 0.0554. The first-order chi connectivity index (χ1) is 6.57. The summed E-state index contributed by atoms with van der Waals surface area (Å²) in [4.78, 5) is 10.9. The van der Waals surface area contributed by atoms with E-state index in [2.05, 4.69) is 0 Å². The van der Waals surface area contributed by atoms with Crippen LogP contribution in [-0.2, 0) is 0 Å². The number of aliphatic hydroxyl groups is 2. The SMILES string of the molecule is CC(=O)c1cccc([C@H](O)CO)c1F. The van der Waals surface area contributed by atoms with Crippen LogP contribution in [0.2, 0.25) is 0 Å². The second-order valence-electron chi connectivity index (χ2n) is 2.96. The molecule has 0 spiro atoms. The molecule has 0 radical (unpaired) electrons. The molecule has 2 N–H and O–H groups in total. The first-order valence-electron chi connectivity index (χ1n) is 4.16. The van der Waals surface area contributed by atoms with Crippen LogP contribution < -0.4 is 0 Å². The molecule has 1 aromatic rings. The first-order valence-corrected chi connectivity index (χ1v) is 4.16. The lowest BCUT2D eigenvalue weighted by atomic mass is 10.0. The van der Waals surface area contributed by atoms with Crippen LogP contribution in [0.4, 0.5) is 4.39 Å². The van der Waals surface area contributed by atoms with Crippen LogP contribution >= 0.6 is 0 Å². The molecule has 0 unspecified atom stereocenters. The summed E-state index contributed by atoms with van der Waals surface area (Å²) >= 11 is 0. The maximum Gasteiger partial charge on any atom is 0.162 e. The highest BCUT2D eigenvalue weighted by Crippen LogP contribution is 2.19. The van der Waals surface area contributed by atoms with Crippen LogP contribution in [0.5, 0.6) is 0 Å². The van der Waals surface area contributed by atoms with Crippen LogP contribution in [0.1, 0.15) is 28.9 Å². The van der Waals surface area contributed by atoms with E-state index in [1.807, 2.05) is 0 Å². The summed E-state index contributed by atoms with van der Waals surface area (Å²) in [6.07, 6.45) is -1.28. The number of carbonyl (C=O) groups is 1. The molecule has 1 rings (SSSR count). The number of benzene rings is 1. The number of carbonyl (C=O) groups excluding carboxylic acids is 1. The Balaban J connectivity index is 3.20. The lowest BCUT2D eigenvalue weighted by Gasteiger charge is -2.10. The fourth-order valence-electron chi connectivity index (χ4n) is 1.18. The number of aliphatic hydroxyl groups excluding tert-OH is 2. The molecule has 3 nitrogen and oxygen atoms in total. The van der Waals surface area contributed by atoms with Gasteiger partial charge in [0.25, 0.3) is 0 Å². The quantitative estimate of drug-likeness (QED) is 0.714. The number of hydrogen-bond donors (Lipinski definition) is 2. The highest BCUT2D eigenvalue weighted by molar-refractivity contribution is 5.94. The lowest BCUT2D eigenvalue weighted by Crippen LogP contribution is -2.08. The number of Topliss-reactive ketones (excluding diaryl/α,β-unsaturated/α-hetero) is 1. The third kappa shape index (κ3) is 1.97. The molecule has 0 heterocycles. The second-order valence-corrected chi connectivity index (χ2v) is 2.96. The minimum Gasteiger partial charge on any atom is -0.393 e. The summed E-state index contributed by atoms with van der Waals surface area (Å²) < 4.78 is 13.5. The standard InChI is InChI=1S/C10H11FO3/c1-6(13)7-3-2-4-8(10(7)11)9(14)5-12/h2-4,9,12,14H,5H2,1H3/t9-/m1/s1. The van der Waals surface area contributed by atoms with E-state index >= 15 is 0 Å². The van der Waals surface area contributed by atoms with Crippen molar-refractivity contribution in [3.8, 4) is 0 Å². The van der Waals surface area contributed by atoms with Gasteiger partial charge < -0.3 is 10.2 Å². The second kappa shape index (κ2) is 4.30. The molecular formula is C10H11FO3. The number of hydrogen-bond acceptors (Lipinski definition) is 3. The van der Waals surface area contributed by atoms with Crippen molar-refractivity contribution in [1.82, 2.24) is 0 Å². The molecule has 4 heteroatoms. The molecule has 14 heavy (non-hydrogen) atoms. The van der Waals surface area contributed by atoms with Crippen molar-refractivity contribution in [3.05, 3.63) is 35.1 Å². The van der Waals surface area contributed by atoms with Gasteiger partial charge in [-0.3, -0.25) is 4.79 Å². The van der Waals surface area contributed by atoms with Crippen molar-refractivity contribution in [3.63, 3.8) is 0 Å². The molecule has 0 aliphatic rings. The van der Waals surface area contributed by atoms with Crippen LogP contribution in [0, 0.1) is 5.82 Å². The Bertz CT molecular complexity index is 349. The predicted octanol–water partition coefficient (Wildman–Crippen LogP) is 1.05. The Morgan fingerprint density at radius 3 is 2.71 bits per heavy atom. The maximum atomic E-state index is 13.5. The maximum absolute atomic E-state index is 13.5. The fraction of sp³-hybridized carbons (Fsp3) is 0.300. The van der Waals surface area contributed by atoms with Crippen molar-refractivity contribution in [2.75, 3.05) is 6.61 Å². The van der Waals surface area contributed by atoms with Gasteiger partial charge in [-0.2, -0.15) is 0 Å². The molecular weight excluding hydrogens is 187 g/mol. The Kier molecular flexibility index (Phi) is 3.33. The monoisotopic (exact) mass is 198 g/mol. The van der Waals surface area contributed by atoms with Crippen molar-refractivity contribution in [2.24, 2.45) is 0 Å². The van der Waals surface area contributed by atoms with E-state index in [9.17, 15) is 14.3 Å². The molecule has 1 aromatic carbocycles. The Morgan fingerprint density at radius 1 is 1.57 bits per heavy atom. The average molecular weight is 198 g/mol. The number of halogens is 1. The fourth-order valence-corrected chi connectivity index (χ4v) is 1.18.